The number of nitrogens with zero attached hydrogens (tertiary/aromatic N) is 3. The zero-order valence-corrected chi connectivity index (χ0v) is 13.0. The molecule has 1 aliphatic rings. The second-order valence-electron chi connectivity index (χ2n) is 5.13. The summed E-state index contributed by atoms with van der Waals surface area (Å²) in [6.07, 6.45) is 1.15. The molecule has 0 saturated carbocycles. The van der Waals surface area contributed by atoms with Crippen molar-refractivity contribution in [1.29, 1.82) is 0 Å². The van der Waals surface area contributed by atoms with Crippen LogP contribution in [0.5, 0.6) is 0 Å². The van der Waals surface area contributed by atoms with E-state index in [1.54, 1.807) is 30.1 Å². The summed E-state index contributed by atoms with van der Waals surface area (Å²) in [6.45, 7) is 0.287. The van der Waals surface area contributed by atoms with Gasteiger partial charge in [-0.25, -0.2) is 4.39 Å². The quantitative estimate of drug-likeness (QED) is 0.928. The SMILES string of the molecule is Cn1ccc(CNC(=O)C2CC(c3c(F)cccc3Cl)=NO2)n1. The molecule has 1 N–H and O–H groups in total. The molecular formula is C15H14ClFN4O2. The maximum Gasteiger partial charge on any atom is 0.264 e. The lowest BCUT2D eigenvalue weighted by atomic mass is 10.0. The largest absolute Gasteiger partial charge is 0.382 e. The normalized spacial score (nSPS) is 16.8. The standard InChI is InChI=1S/C15H14ClFN4O2/c1-21-6-5-9(19-21)8-18-15(22)13-7-12(20-23-13)14-10(16)3-2-4-11(14)17/h2-6,13H,7-8H2,1H3,(H,18,22). The van der Waals surface area contributed by atoms with E-state index in [2.05, 4.69) is 15.6 Å². The van der Waals surface area contributed by atoms with Crippen molar-refractivity contribution in [2.45, 2.75) is 19.1 Å². The van der Waals surface area contributed by atoms with Crippen LogP contribution in [0.15, 0.2) is 35.6 Å². The number of amides is 1. The molecule has 1 aromatic heterocycles. The summed E-state index contributed by atoms with van der Waals surface area (Å²) >= 11 is 5.99. The Morgan fingerprint density at radius 2 is 2.35 bits per heavy atom. The second kappa shape index (κ2) is 6.37. The number of hydrogen-bond acceptors (Lipinski definition) is 4. The Labute approximate surface area is 136 Å². The lowest BCUT2D eigenvalue weighted by Gasteiger charge is -2.08. The fourth-order valence-electron chi connectivity index (χ4n) is 2.29. The van der Waals surface area contributed by atoms with Crippen LogP contribution in [0, 0.1) is 5.82 Å². The number of hydrogen-bond donors (Lipinski definition) is 1. The molecule has 1 unspecified atom stereocenters. The van der Waals surface area contributed by atoms with E-state index < -0.39 is 11.9 Å². The molecule has 0 spiro atoms. The lowest BCUT2D eigenvalue weighted by Crippen LogP contribution is -2.34. The average Bonchev–Trinajstić information content (AvgIpc) is 3.14. The molecule has 1 amide bonds. The van der Waals surface area contributed by atoms with Crippen LogP contribution in [0.3, 0.4) is 0 Å². The smallest absolute Gasteiger partial charge is 0.264 e. The summed E-state index contributed by atoms with van der Waals surface area (Å²) in [4.78, 5) is 17.2. The fraction of sp³-hybridized carbons (Fsp3) is 0.267. The van der Waals surface area contributed by atoms with Gasteiger partial charge in [-0.1, -0.05) is 22.8 Å². The summed E-state index contributed by atoms with van der Waals surface area (Å²) < 4.78 is 15.5. The number of halogens is 2. The first-order valence-electron chi connectivity index (χ1n) is 6.98. The summed E-state index contributed by atoms with van der Waals surface area (Å²) in [5.41, 5.74) is 1.23. The van der Waals surface area contributed by atoms with Crippen LogP contribution in [0.1, 0.15) is 17.7 Å². The molecule has 0 saturated heterocycles. The van der Waals surface area contributed by atoms with Crippen molar-refractivity contribution in [3.05, 3.63) is 52.6 Å². The molecule has 0 aliphatic carbocycles. The minimum Gasteiger partial charge on any atom is -0.382 e. The van der Waals surface area contributed by atoms with Crippen molar-refractivity contribution in [3.8, 4) is 0 Å². The van der Waals surface area contributed by atoms with E-state index >= 15 is 0 Å². The fourth-order valence-corrected chi connectivity index (χ4v) is 2.56. The first kappa shape index (κ1) is 15.5. The molecule has 3 rings (SSSR count). The van der Waals surface area contributed by atoms with Crippen LogP contribution in [0.25, 0.3) is 0 Å². The number of carbonyl (C=O) groups excluding carboxylic acids is 1. The molecule has 0 fully saturated rings. The molecule has 0 radical (unpaired) electrons. The summed E-state index contributed by atoms with van der Waals surface area (Å²) in [7, 11) is 1.80. The van der Waals surface area contributed by atoms with Crippen molar-refractivity contribution in [2.75, 3.05) is 0 Å². The molecular weight excluding hydrogens is 323 g/mol. The summed E-state index contributed by atoms with van der Waals surface area (Å²) in [5.74, 6) is -0.823. The highest BCUT2D eigenvalue weighted by atomic mass is 35.5. The Balaban J connectivity index is 1.61. The predicted octanol–water partition coefficient (Wildman–Crippen LogP) is 2.02. The van der Waals surface area contributed by atoms with E-state index in [1.807, 2.05) is 0 Å². The molecule has 120 valence electrons. The maximum absolute atomic E-state index is 13.9. The van der Waals surface area contributed by atoms with E-state index in [0.717, 1.165) is 5.69 Å². The third-order valence-electron chi connectivity index (χ3n) is 3.43. The van der Waals surface area contributed by atoms with E-state index in [4.69, 9.17) is 16.4 Å². The van der Waals surface area contributed by atoms with Crippen LogP contribution in [0.2, 0.25) is 5.02 Å². The third kappa shape index (κ3) is 3.34. The molecule has 1 atom stereocenters. The molecule has 23 heavy (non-hydrogen) atoms. The van der Waals surface area contributed by atoms with Gasteiger partial charge in [-0.2, -0.15) is 5.10 Å². The van der Waals surface area contributed by atoms with Gasteiger partial charge in [0.1, 0.15) is 5.82 Å². The number of aromatic nitrogens is 2. The van der Waals surface area contributed by atoms with Gasteiger partial charge in [0, 0.05) is 19.7 Å². The van der Waals surface area contributed by atoms with Crippen molar-refractivity contribution in [1.82, 2.24) is 15.1 Å². The topological polar surface area (TPSA) is 68.5 Å². The van der Waals surface area contributed by atoms with Crippen molar-refractivity contribution in [2.24, 2.45) is 12.2 Å². The molecule has 1 aromatic carbocycles. The monoisotopic (exact) mass is 336 g/mol. The van der Waals surface area contributed by atoms with Gasteiger partial charge in [-0.05, 0) is 18.2 Å². The van der Waals surface area contributed by atoms with Crippen LogP contribution < -0.4 is 5.32 Å². The van der Waals surface area contributed by atoms with Crippen LogP contribution in [0.4, 0.5) is 4.39 Å². The zero-order chi connectivity index (χ0) is 16.4. The molecule has 8 heteroatoms. The third-order valence-corrected chi connectivity index (χ3v) is 3.74. The number of aryl methyl sites for hydroxylation is 1. The van der Waals surface area contributed by atoms with E-state index in [0.29, 0.717) is 5.71 Å². The first-order valence-corrected chi connectivity index (χ1v) is 7.35. The number of nitrogens with one attached hydrogen (secondary N) is 1. The molecule has 6 nitrogen and oxygen atoms in total. The number of benzene rings is 1. The van der Waals surface area contributed by atoms with E-state index in [1.165, 1.54) is 12.1 Å². The van der Waals surface area contributed by atoms with Crippen LogP contribution >= 0.6 is 11.6 Å². The Hall–Kier alpha value is -2.41. The number of oxime groups is 1. The highest BCUT2D eigenvalue weighted by Crippen LogP contribution is 2.25. The minimum atomic E-state index is -0.801. The second-order valence-corrected chi connectivity index (χ2v) is 5.54. The average molecular weight is 337 g/mol. The predicted molar refractivity (Wildman–Crippen MR) is 82.5 cm³/mol. The zero-order valence-electron chi connectivity index (χ0n) is 12.3. The first-order chi connectivity index (χ1) is 11.0. The van der Waals surface area contributed by atoms with Crippen molar-refractivity contribution >= 4 is 23.2 Å². The van der Waals surface area contributed by atoms with Gasteiger partial charge < -0.3 is 10.2 Å². The molecule has 2 heterocycles. The minimum absolute atomic E-state index is 0.161. The van der Waals surface area contributed by atoms with Gasteiger partial charge >= 0.3 is 0 Å². The van der Waals surface area contributed by atoms with Gasteiger partial charge in [-0.3, -0.25) is 9.48 Å². The highest BCUT2D eigenvalue weighted by Gasteiger charge is 2.31. The van der Waals surface area contributed by atoms with Crippen LogP contribution in [-0.4, -0.2) is 27.5 Å². The maximum atomic E-state index is 13.9. The Kier molecular flexibility index (Phi) is 4.29. The molecule has 0 bridgehead atoms. The van der Waals surface area contributed by atoms with Gasteiger partial charge in [-0.15, -0.1) is 0 Å². The molecule has 2 aromatic rings. The number of rotatable bonds is 4. The summed E-state index contributed by atoms with van der Waals surface area (Å²) in [6, 6.07) is 6.17. The van der Waals surface area contributed by atoms with Crippen molar-refractivity contribution in [3.63, 3.8) is 0 Å². The Bertz CT molecular complexity index is 754. The van der Waals surface area contributed by atoms with Gasteiger partial charge in [0.05, 0.1) is 28.5 Å². The van der Waals surface area contributed by atoms with E-state index in [9.17, 15) is 9.18 Å². The summed E-state index contributed by atoms with van der Waals surface area (Å²) in [5, 5.41) is 10.9. The van der Waals surface area contributed by atoms with E-state index in [-0.39, 0.29) is 29.5 Å². The molecule has 1 aliphatic heterocycles. The van der Waals surface area contributed by atoms with Gasteiger partial charge in [0.25, 0.3) is 5.91 Å². The van der Waals surface area contributed by atoms with Gasteiger partial charge in [0.15, 0.2) is 0 Å². The Morgan fingerprint density at radius 3 is 3.04 bits per heavy atom. The Morgan fingerprint density at radius 1 is 1.52 bits per heavy atom. The highest BCUT2D eigenvalue weighted by molar-refractivity contribution is 6.34. The van der Waals surface area contributed by atoms with Gasteiger partial charge in [0.2, 0.25) is 6.10 Å². The van der Waals surface area contributed by atoms with Crippen molar-refractivity contribution < 1.29 is 14.0 Å². The number of carbonyl (C=O) groups is 1. The lowest BCUT2D eigenvalue weighted by molar-refractivity contribution is -0.131. The van der Waals surface area contributed by atoms with Crippen LogP contribution in [-0.2, 0) is 23.2 Å².